The minimum Gasteiger partial charge on any atom is -0.418 e. The number of hydrogen-bond acceptors (Lipinski definition) is 2. The molecule has 3 nitrogen and oxygen atoms in total. The zero-order valence-electron chi connectivity index (χ0n) is 3.84. The predicted molar refractivity (Wildman–Crippen MR) is 20.0 cm³/mol. The normalized spacial score (nSPS) is 7.57. The van der Waals surface area contributed by atoms with Gasteiger partial charge in [-0.25, -0.2) is 0 Å². The zero-order chi connectivity index (χ0) is 4.41. The Kier molecular flexibility index (Phi) is 2.71. The summed E-state index contributed by atoms with van der Waals surface area (Å²) in [6.45, 7) is 1.82. The second-order valence-corrected chi connectivity index (χ2v) is 1.02. The first-order valence-corrected chi connectivity index (χ1v) is 1.64. The van der Waals surface area contributed by atoms with Crippen LogP contribution in [-0.4, -0.2) is 15.2 Å². The fraction of sp³-hybridized carbons (Fsp3) is 0.333. The number of aromatic amines is 1. The average molecular weight is 133 g/mol. The van der Waals surface area contributed by atoms with Crippen molar-refractivity contribution in [3.63, 3.8) is 0 Å². The molecule has 0 saturated heterocycles. The number of aromatic nitrogens is 3. The van der Waals surface area contributed by atoms with Crippen molar-refractivity contribution in [3.05, 3.63) is 12.2 Å². The van der Waals surface area contributed by atoms with E-state index in [2.05, 4.69) is 21.5 Å². The van der Waals surface area contributed by atoms with Gasteiger partial charge in [0.05, 0.1) is 0 Å². The molecule has 0 spiro atoms. The number of aryl methyl sites for hydroxylation is 1. The van der Waals surface area contributed by atoms with Gasteiger partial charge >= 0.3 is 0 Å². The summed E-state index contributed by atoms with van der Waals surface area (Å²) in [4.78, 5) is 3.62. The summed E-state index contributed by atoms with van der Waals surface area (Å²) >= 11 is 0. The Balaban J connectivity index is 0.000000360. The number of rotatable bonds is 0. The first-order valence-electron chi connectivity index (χ1n) is 1.64. The van der Waals surface area contributed by atoms with Crippen molar-refractivity contribution in [2.45, 2.75) is 6.92 Å². The van der Waals surface area contributed by atoms with Crippen LogP contribution in [0.15, 0.2) is 0 Å². The van der Waals surface area contributed by atoms with Crippen LogP contribution in [0.5, 0.6) is 0 Å². The van der Waals surface area contributed by atoms with Gasteiger partial charge in [-0.15, -0.1) is 0 Å². The number of nitrogens with zero attached hydrogens (tertiary/aromatic N) is 2. The van der Waals surface area contributed by atoms with Gasteiger partial charge in [0.25, 0.3) is 0 Å². The average Bonchev–Trinajstić information content (AvgIpc) is 1.86. The molecule has 0 bridgehead atoms. The van der Waals surface area contributed by atoms with Crippen LogP contribution in [0.1, 0.15) is 5.82 Å². The molecule has 37 valence electrons. The van der Waals surface area contributed by atoms with Gasteiger partial charge in [0, 0.05) is 18.6 Å². The molecule has 0 fully saturated rings. The van der Waals surface area contributed by atoms with E-state index in [1.165, 1.54) is 0 Å². The molecular weight excluding hydrogens is 129 g/mol. The second kappa shape index (κ2) is 2.83. The monoisotopic (exact) mass is 133 g/mol. The predicted octanol–water partition coefficient (Wildman–Crippen LogP) is -0.0892. The van der Waals surface area contributed by atoms with Crippen LogP contribution in [0.4, 0.5) is 0 Å². The molecule has 1 N–H and O–H groups in total. The van der Waals surface area contributed by atoms with Crippen molar-refractivity contribution >= 4 is 0 Å². The van der Waals surface area contributed by atoms with E-state index in [1.54, 1.807) is 0 Å². The van der Waals surface area contributed by atoms with Crippen molar-refractivity contribution < 1.29 is 18.6 Å². The van der Waals surface area contributed by atoms with Gasteiger partial charge in [-0.2, -0.15) is 0 Å². The second-order valence-electron chi connectivity index (χ2n) is 1.02. The van der Waals surface area contributed by atoms with Crippen molar-refractivity contribution in [3.8, 4) is 0 Å². The first-order chi connectivity index (χ1) is 2.89. The molecule has 0 aliphatic rings. The minimum atomic E-state index is 0. The van der Waals surface area contributed by atoms with E-state index >= 15 is 0 Å². The van der Waals surface area contributed by atoms with Crippen LogP contribution in [0.2, 0.25) is 0 Å². The van der Waals surface area contributed by atoms with Crippen LogP contribution in [0.25, 0.3) is 0 Å². The summed E-state index contributed by atoms with van der Waals surface area (Å²) in [6.07, 6.45) is 2.37. The van der Waals surface area contributed by atoms with Gasteiger partial charge in [0.1, 0.15) is 0 Å². The number of H-pyrrole nitrogens is 1. The van der Waals surface area contributed by atoms with Gasteiger partial charge in [-0.3, -0.25) is 5.10 Å². The van der Waals surface area contributed by atoms with Crippen LogP contribution >= 0.6 is 0 Å². The van der Waals surface area contributed by atoms with Crippen LogP contribution in [0, 0.1) is 13.3 Å². The topological polar surface area (TPSA) is 41.6 Å². The number of hydrogen-bond donors (Lipinski definition) is 1. The van der Waals surface area contributed by atoms with Gasteiger partial charge in [-0.05, 0) is 12.2 Å². The molecule has 1 heterocycles. The molecule has 1 rings (SSSR count). The largest absolute Gasteiger partial charge is 0.418 e. The molecule has 4 heteroatoms. The Hall–Kier alpha value is -0.276. The molecular formula is C3H4N3V-. The zero-order valence-corrected chi connectivity index (χ0v) is 5.24. The Labute approximate surface area is 53.4 Å². The van der Waals surface area contributed by atoms with Crippen LogP contribution in [-0.2, 0) is 18.6 Å². The van der Waals surface area contributed by atoms with E-state index in [0.717, 1.165) is 5.82 Å². The molecule has 0 aromatic carbocycles. The number of nitrogens with one attached hydrogen (secondary N) is 1. The molecule has 1 aromatic rings. The summed E-state index contributed by atoms with van der Waals surface area (Å²) in [5.41, 5.74) is 0. The summed E-state index contributed by atoms with van der Waals surface area (Å²) < 4.78 is 0. The first kappa shape index (κ1) is 6.72. The molecule has 0 atom stereocenters. The van der Waals surface area contributed by atoms with Crippen LogP contribution < -0.4 is 0 Å². The van der Waals surface area contributed by atoms with E-state index in [0.29, 0.717) is 0 Å². The smallest absolute Gasteiger partial charge is 0 e. The quantitative estimate of drug-likeness (QED) is 0.502. The fourth-order valence-corrected chi connectivity index (χ4v) is 0.231. The molecule has 0 saturated carbocycles. The SMILES string of the molecule is Cc1n[c-]n[nH]1.[V]. The van der Waals surface area contributed by atoms with Crippen LogP contribution in [0.3, 0.4) is 0 Å². The van der Waals surface area contributed by atoms with Crippen molar-refractivity contribution in [2.75, 3.05) is 0 Å². The molecule has 1 aromatic heterocycles. The maximum absolute atomic E-state index is 3.62. The van der Waals surface area contributed by atoms with E-state index in [9.17, 15) is 0 Å². The van der Waals surface area contributed by atoms with Gasteiger partial charge in [0.2, 0.25) is 0 Å². The third kappa shape index (κ3) is 1.76. The molecule has 0 aliphatic heterocycles. The summed E-state index contributed by atoms with van der Waals surface area (Å²) in [5.74, 6) is 0.801. The van der Waals surface area contributed by atoms with Crippen molar-refractivity contribution in [1.82, 2.24) is 15.2 Å². The minimum absolute atomic E-state index is 0. The fourth-order valence-electron chi connectivity index (χ4n) is 0.231. The molecule has 0 unspecified atom stereocenters. The standard InChI is InChI=1S/C3H4N3.V/c1-3-4-2-5-6-3;/h1H3,(H,4,5,6);/q-1;. The van der Waals surface area contributed by atoms with E-state index < -0.39 is 0 Å². The van der Waals surface area contributed by atoms with Gasteiger partial charge in [-0.1, -0.05) is 6.92 Å². The summed E-state index contributed by atoms with van der Waals surface area (Å²) in [6, 6.07) is 0. The molecule has 1 radical (unpaired) electrons. The Morgan fingerprint density at radius 3 is 2.57 bits per heavy atom. The van der Waals surface area contributed by atoms with Crippen molar-refractivity contribution in [2.24, 2.45) is 0 Å². The Morgan fingerprint density at radius 2 is 2.43 bits per heavy atom. The van der Waals surface area contributed by atoms with E-state index in [1.807, 2.05) is 6.92 Å². The third-order valence-electron chi connectivity index (χ3n) is 0.485. The van der Waals surface area contributed by atoms with Crippen molar-refractivity contribution in [1.29, 1.82) is 0 Å². The van der Waals surface area contributed by atoms with E-state index in [-0.39, 0.29) is 18.6 Å². The summed E-state index contributed by atoms with van der Waals surface area (Å²) in [5, 5.41) is 6.04. The van der Waals surface area contributed by atoms with Gasteiger partial charge in [0.15, 0.2) is 0 Å². The maximum atomic E-state index is 3.62. The third-order valence-corrected chi connectivity index (χ3v) is 0.485. The van der Waals surface area contributed by atoms with E-state index in [4.69, 9.17) is 0 Å². The molecule has 0 aliphatic carbocycles. The molecule has 0 amide bonds. The summed E-state index contributed by atoms with van der Waals surface area (Å²) in [7, 11) is 0. The maximum Gasteiger partial charge on any atom is 0 e. The Bertz CT molecular complexity index is 114. The Morgan fingerprint density at radius 1 is 1.71 bits per heavy atom. The molecule has 7 heavy (non-hydrogen) atoms. The van der Waals surface area contributed by atoms with Gasteiger partial charge < -0.3 is 10.1 Å².